The number of thiophene rings is 2. The van der Waals surface area contributed by atoms with E-state index in [0.29, 0.717) is 0 Å². The predicted molar refractivity (Wildman–Crippen MR) is 76.8 cm³/mol. The van der Waals surface area contributed by atoms with Gasteiger partial charge in [-0.1, -0.05) is 22.0 Å². The van der Waals surface area contributed by atoms with Crippen LogP contribution in [0.15, 0.2) is 35.7 Å². The van der Waals surface area contributed by atoms with Crippen molar-refractivity contribution in [3.8, 4) is 0 Å². The molecule has 0 fully saturated rings. The molecule has 0 saturated heterocycles. The van der Waals surface area contributed by atoms with Gasteiger partial charge in [-0.3, -0.25) is 0 Å². The zero-order valence-electron chi connectivity index (χ0n) is 8.99. The summed E-state index contributed by atoms with van der Waals surface area (Å²) in [6, 6.07) is 8.16. The van der Waals surface area contributed by atoms with Crippen molar-refractivity contribution in [1.82, 2.24) is 0 Å². The first kappa shape index (κ1) is 12.3. The molecule has 1 unspecified atom stereocenters. The van der Waals surface area contributed by atoms with Gasteiger partial charge in [0.05, 0.1) is 4.83 Å². The third kappa shape index (κ3) is 2.11. The molecule has 0 N–H and O–H groups in total. The number of rotatable bonds is 2. The normalized spacial score (nSPS) is 13.1. The van der Waals surface area contributed by atoms with E-state index in [0.717, 1.165) is 16.5 Å². The summed E-state index contributed by atoms with van der Waals surface area (Å²) in [5.74, 6) is -1.62. The molecule has 0 aliphatic heterocycles. The zero-order chi connectivity index (χ0) is 12.7. The highest BCUT2D eigenvalue weighted by molar-refractivity contribution is 9.09. The molecule has 1 atom stereocenters. The smallest absolute Gasteiger partial charge is 0.159 e. The maximum atomic E-state index is 13.2. The molecule has 0 bridgehead atoms. The number of hydrogen-bond donors (Lipinski definition) is 0. The lowest BCUT2D eigenvalue weighted by molar-refractivity contribution is 0.507. The molecule has 92 valence electrons. The van der Waals surface area contributed by atoms with Gasteiger partial charge in [-0.05, 0) is 35.2 Å². The molecule has 2 heterocycles. The fraction of sp³-hybridized carbons (Fsp3) is 0.0769. The minimum Gasteiger partial charge on any atom is -0.204 e. The van der Waals surface area contributed by atoms with Crippen molar-refractivity contribution in [2.45, 2.75) is 4.83 Å². The largest absolute Gasteiger partial charge is 0.204 e. The van der Waals surface area contributed by atoms with Gasteiger partial charge < -0.3 is 0 Å². The first-order chi connectivity index (χ1) is 8.65. The van der Waals surface area contributed by atoms with Gasteiger partial charge in [0.25, 0.3) is 0 Å². The number of benzene rings is 1. The Hall–Kier alpha value is -0.780. The van der Waals surface area contributed by atoms with Crippen LogP contribution in [0.25, 0.3) is 9.40 Å². The molecule has 0 spiro atoms. The number of alkyl halides is 1. The monoisotopic (exact) mass is 344 g/mol. The fourth-order valence-corrected chi connectivity index (χ4v) is 4.57. The average molecular weight is 345 g/mol. The highest BCUT2D eigenvalue weighted by Crippen LogP contribution is 2.40. The number of fused-ring (bicyclic) bond motifs is 1. The summed E-state index contributed by atoms with van der Waals surface area (Å²) in [5, 5.41) is 2.05. The van der Waals surface area contributed by atoms with Crippen molar-refractivity contribution in [2.75, 3.05) is 0 Å². The Bertz CT molecular complexity index is 673. The Labute approximate surface area is 119 Å². The van der Waals surface area contributed by atoms with Crippen molar-refractivity contribution >= 4 is 48.0 Å². The second kappa shape index (κ2) is 4.72. The molecule has 0 saturated carbocycles. The van der Waals surface area contributed by atoms with Crippen LogP contribution in [-0.2, 0) is 0 Å². The lowest BCUT2D eigenvalue weighted by Crippen LogP contribution is -1.92. The van der Waals surface area contributed by atoms with Crippen molar-refractivity contribution < 1.29 is 8.78 Å². The van der Waals surface area contributed by atoms with Gasteiger partial charge in [0, 0.05) is 14.3 Å². The van der Waals surface area contributed by atoms with Gasteiger partial charge in [-0.15, -0.1) is 22.7 Å². The van der Waals surface area contributed by atoms with Crippen LogP contribution in [0.1, 0.15) is 15.3 Å². The quantitative estimate of drug-likeness (QED) is 0.521. The number of halogens is 3. The van der Waals surface area contributed by atoms with E-state index < -0.39 is 11.6 Å². The molecule has 0 nitrogen and oxygen atoms in total. The van der Waals surface area contributed by atoms with Crippen LogP contribution in [0.2, 0.25) is 0 Å². The molecular weight excluding hydrogens is 338 g/mol. The zero-order valence-corrected chi connectivity index (χ0v) is 12.2. The van der Waals surface area contributed by atoms with Crippen LogP contribution in [0, 0.1) is 11.6 Å². The van der Waals surface area contributed by atoms with Gasteiger partial charge in [-0.2, -0.15) is 0 Å². The molecule has 0 aliphatic carbocycles. The Balaban J connectivity index is 2.00. The maximum Gasteiger partial charge on any atom is 0.159 e. The second-order valence-corrected chi connectivity index (χ2v) is 6.81. The Morgan fingerprint density at radius 1 is 1.00 bits per heavy atom. The lowest BCUT2D eigenvalue weighted by Gasteiger charge is -2.08. The topological polar surface area (TPSA) is 0 Å². The molecule has 3 rings (SSSR count). The van der Waals surface area contributed by atoms with Crippen LogP contribution < -0.4 is 0 Å². The molecule has 3 aromatic rings. The lowest BCUT2D eigenvalue weighted by atomic mass is 10.1. The summed E-state index contributed by atoms with van der Waals surface area (Å²) in [6.07, 6.45) is 0. The van der Waals surface area contributed by atoms with Crippen LogP contribution in [0.5, 0.6) is 0 Å². The summed E-state index contributed by atoms with van der Waals surface area (Å²) < 4.78 is 28.6. The summed E-state index contributed by atoms with van der Waals surface area (Å²) in [5.41, 5.74) is 0.725. The molecule has 18 heavy (non-hydrogen) atoms. The van der Waals surface area contributed by atoms with E-state index in [-0.39, 0.29) is 4.83 Å². The van der Waals surface area contributed by atoms with E-state index >= 15 is 0 Å². The van der Waals surface area contributed by atoms with Crippen molar-refractivity contribution in [1.29, 1.82) is 0 Å². The summed E-state index contributed by atoms with van der Waals surface area (Å²) in [4.78, 5) is 1.00. The van der Waals surface area contributed by atoms with E-state index in [1.807, 2.05) is 5.38 Å². The van der Waals surface area contributed by atoms with E-state index in [2.05, 4.69) is 28.1 Å². The van der Waals surface area contributed by atoms with Crippen LogP contribution in [0.3, 0.4) is 0 Å². The molecular formula is C13H7BrF2S2. The van der Waals surface area contributed by atoms with Crippen LogP contribution in [0.4, 0.5) is 8.78 Å². The van der Waals surface area contributed by atoms with E-state index in [1.54, 1.807) is 28.7 Å². The minimum absolute atomic E-state index is 0.0998. The Morgan fingerprint density at radius 2 is 1.83 bits per heavy atom. The molecule has 0 radical (unpaired) electrons. The van der Waals surface area contributed by atoms with Gasteiger partial charge in [-0.25, -0.2) is 8.78 Å². The predicted octanol–water partition coefficient (Wildman–Crippen LogP) is 5.73. The maximum absolute atomic E-state index is 13.2. The molecule has 5 heteroatoms. The van der Waals surface area contributed by atoms with Crippen molar-refractivity contribution in [3.63, 3.8) is 0 Å². The van der Waals surface area contributed by atoms with Gasteiger partial charge in [0.1, 0.15) is 0 Å². The van der Waals surface area contributed by atoms with Gasteiger partial charge >= 0.3 is 0 Å². The number of hydrogen-bond acceptors (Lipinski definition) is 2. The van der Waals surface area contributed by atoms with Crippen molar-refractivity contribution in [2.24, 2.45) is 0 Å². The summed E-state index contributed by atoms with van der Waals surface area (Å²) >= 11 is 6.89. The second-order valence-electron chi connectivity index (χ2n) is 3.83. The minimum atomic E-state index is -0.814. The first-order valence-electron chi connectivity index (χ1n) is 5.21. The molecule has 0 aliphatic rings. The SMILES string of the molecule is Fc1ccc(C(Br)c2cc3sccc3s2)cc1F. The molecule has 0 amide bonds. The fourth-order valence-electron chi connectivity index (χ4n) is 1.74. The van der Waals surface area contributed by atoms with Crippen LogP contribution >= 0.6 is 38.6 Å². The molecule has 1 aromatic carbocycles. The van der Waals surface area contributed by atoms with Gasteiger partial charge in [0.15, 0.2) is 11.6 Å². The molecule has 2 aromatic heterocycles. The Kier molecular flexibility index (Phi) is 3.21. The van der Waals surface area contributed by atoms with Crippen molar-refractivity contribution in [3.05, 3.63) is 57.8 Å². The highest BCUT2D eigenvalue weighted by Gasteiger charge is 2.15. The van der Waals surface area contributed by atoms with E-state index in [4.69, 9.17) is 0 Å². The third-order valence-electron chi connectivity index (χ3n) is 2.64. The van der Waals surface area contributed by atoms with E-state index in [1.165, 1.54) is 15.5 Å². The van der Waals surface area contributed by atoms with Gasteiger partial charge in [0.2, 0.25) is 0 Å². The van der Waals surface area contributed by atoms with E-state index in [9.17, 15) is 8.78 Å². The standard InChI is InChI=1S/C13H7BrF2S2/c14-13(7-1-2-8(15)9(16)5-7)12-6-11-10(18-12)3-4-17-11/h1-6,13H. The highest BCUT2D eigenvalue weighted by atomic mass is 79.9. The third-order valence-corrected chi connectivity index (χ3v) is 6.13. The average Bonchev–Trinajstić information content (AvgIpc) is 2.92. The summed E-state index contributed by atoms with van der Waals surface area (Å²) in [7, 11) is 0. The first-order valence-corrected chi connectivity index (χ1v) is 7.82. The Morgan fingerprint density at radius 3 is 2.56 bits per heavy atom. The van der Waals surface area contributed by atoms with Crippen LogP contribution in [-0.4, -0.2) is 0 Å². The summed E-state index contributed by atoms with van der Waals surface area (Å²) in [6.45, 7) is 0.